The number of hydrogen-bond acceptors (Lipinski definition) is 4. The quantitative estimate of drug-likeness (QED) is 0.738. The third kappa shape index (κ3) is 6.45. The molecule has 0 atom stereocenters. The van der Waals surface area contributed by atoms with Gasteiger partial charge in [-0.25, -0.2) is 0 Å². The van der Waals surface area contributed by atoms with Gasteiger partial charge in [-0.15, -0.1) is 24.0 Å². The second kappa shape index (κ2) is 8.97. The topological polar surface area (TPSA) is 39.7 Å². The predicted molar refractivity (Wildman–Crippen MR) is 85.3 cm³/mol. The predicted octanol–water partition coefficient (Wildman–Crippen LogP) is 1.66. The van der Waals surface area contributed by atoms with Crippen LogP contribution in [0.2, 0.25) is 0 Å². The highest BCUT2D eigenvalue weighted by molar-refractivity contribution is 14.0. The number of rotatable bonds is 5. The van der Waals surface area contributed by atoms with Gasteiger partial charge in [0.2, 0.25) is 0 Å². The maximum Gasteiger partial charge on any atom is 0.191 e. The molecule has 0 aromatic rings. The summed E-state index contributed by atoms with van der Waals surface area (Å²) >= 11 is 0. The fraction of sp³-hybridized carbons (Fsp3) is 0.917. The fourth-order valence-electron chi connectivity index (χ4n) is 2.07. The molecule has 0 aliphatic carbocycles. The van der Waals surface area contributed by atoms with E-state index in [1.165, 1.54) is 0 Å². The first-order chi connectivity index (χ1) is 7.61. The van der Waals surface area contributed by atoms with Gasteiger partial charge in [-0.05, 0) is 34.1 Å². The largest absolute Gasteiger partial charge is 0.356 e. The zero-order valence-corrected chi connectivity index (χ0v) is 13.8. The Balaban J connectivity index is 0.00000256. The molecule has 0 saturated heterocycles. The second-order valence-corrected chi connectivity index (χ2v) is 4.86. The van der Waals surface area contributed by atoms with Crippen molar-refractivity contribution in [2.24, 2.45) is 4.99 Å². The Labute approximate surface area is 123 Å². The van der Waals surface area contributed by atoms with Crippen LogP contribution in [0.15, 0.2) is 4.99 Å². The normalized spacial score (nSPS) is 15.6. The van der Waals surface area contributed by atoms with Crippen molar-refractivity contribution >= 4 is 29.9 Å². The van der Waals surface area contributed by atoms with Gasteiger partial charge in [0.1, 0.15) is 0 Å². The second-order valence-electron chi connectivity index (χ2n) is 4.86. The monoisotopic (exact) mass is 354 g/mol. The lowest BCUT2D eigenvalue weighted by Crippen LogP contribution is -2.46. The number of aliphatic imine (C=N–C) groups is 1. The molecule has 1 aliphatic rings. The van der Waals surface area contributed by atoms with Crippen LogP contribution in [-0.2, 0) is 0 Å². The molecule has 0 saturated carbocycles. The van der Waals surface area contributed by atoms with Crippen molar-refractivity contribution in [3.8, 4) is 0 Å². The molecule has 0 bridgehead atoms. The van der Waals surface area contributed by atoms with E-state index in [4.69, 9.17) is 0 Å². The highest BCUT2D eigenvalue weighted by Gasteiger charge is 2.12. The Hall–Kier alpha value is -0.0400. The van der Waals surface area contributed by atoms with E-state index in [2.05, 4.69) is 48.2 Å². The Morgan fingerprint density at radius 2 is 1.94 bits per heavy atom. The molecule has 1 heterocycles. The van der Waals surface area contributed by atoms with Gasteiger partial charge in [0.25, 0.3) is 0 Å². The highest BCUT2D eigenvalue weighted by atomic mass is 127. The molecule has 102 valence electrons. The lowest BCUT2D eigenvalue weighted by atomic mass is 10.2. The van der Waals surface area contributed by atoms with Gasteiger partial charge < -0.3 is 10.6 Å². The van der Waals surface area contributed by atoms with E-state index in [0.29, 0.717) is 12.1 Å². The number of nitrogens with one attached hydrogen (secondary N) is 2. The average Bonchev–Trinajstić information content (AvgIpc) is 2.24. The lowest BCUT2D eigenvalue weighted by molar-refractivity contribution is 0.178. The first kappa shape index (κ1) is 17.0. The maximum atomic E-state index is 4.39. The van der Waals surface area contributed by atoms with Crippen molar-refractivity contribution < 1.29 is 0 Å². The number of guanidine groups is 1. The Kier molecular flexibility index (Phi) is 8.94. The molecule has 0 unspecified atom stereocenters. The molecule has 0 radical (unpaired) electrons. The van der Waals surface area contributed by atoms with E-state index in [1.54, 1.807) is 0 Å². The van der Waals surface area contributed by atoms with Crippen molar-refractivity contribution in [3.05, 3.63) is 0 Å². The van der Waals surface area contributed by atoms with Crippen molar-refractivity contribution in [2.45, 2.75) is 46.2 Å². The van der Waals surface area contributed by atoms with Gasteiger partial charge in [-0.1, -0.05) is 0 Å². The summed E-state index contributed by atoms with van der Waals surface area (Å²) in [6, 6.07) is 1.20. The van der Waals surface area contributed by atoms with E-state index in [1.807, 2.05) is 0 Å². The van der Waals surface area contributed by atoms with E-state index in [-0.39, 0.29) is 24.0 Å². The summed E-state index contributed by atoms with van der Waals surface area (Å²) < 4.78 is 0. The molecule has 1 rings (SSSR count). The summed E-state index contributed by atoms with van der Waals surface area (Å²) in [6.45, 7) is 13.0. The molecule has 2 N–H and O–H groups in total. The zero-order chi connectivity index (χ0) is 12.0. The third-order valence-corrected chi connectivity index (χ3v) is 2.89. The summed E-state index contributed by atoms with van der Waals surface area (Å²) in [5.41, 5.74) is 0. The van der Waals surface area contributed by atoms with E-state index in [9.17, 15) is 0 Å². The minimum absolute atomic E-state index is 0. The Morgan fingerprint density at radius 3 is 2.41 bits per heavy atom. The van der Waals surface area contributed by atoms with Crippen molar-refractivity contribution in [2.75, 3.05) is 26.2 Å². The summed E-state index contributed by atoms with van der Waals surface area (Å²) in [6.07, 6.45) is 1.15. The fourth-order valence-corrected chi connectivity index (χ4v) is 2.07. The first-order valence-corrected chi connectivity index (χ1v) is 6.39. The molecule has 4 nitrogen and oxygen atoms in total. The van der Waals surface area contributed by atoms with Gasteiger partial charge in [0.05, 0.1) is 0 Å². The van der Waals surface area contributed by atoms with Crippen LogP contribution in [0.25, 0.3) is 0 Å². The maximum absolute atomic E-state index is 4.39. The minimum Gasteiger partial charge on any atom is -0.356 e. The molecule has 0 aromatic heterocycles. The highest BCUT2D eigenvalue weighted by Crippen LogP contribution is 2.03. The van der Waals surface area contributed by atoms with Crippen molar-refractivity contribution in [1.82, 2.24) is 15.5 Å². The number of nitrogens with zero attached hydrogens (tertiary/aromatic N) is 2. The Morgan fingerprint density at radius 1 is 1.29 bits per heavy atom. The van der Waals surface area contributed by atoms with Crippen LogP contribution < -0.4 is 10.6 Å². The van der Waals surface area contributed by atoms with Gasteiger partial charge in [-0.2, -0.15) is 0 Å². The van der Waals surface area contributed by atoms with Crippen molar-refractivity contribution in [3.63, 3.8) is 0 Å². The molecular formula is C12H27IN4. The molecular weight excluding hydrogens is 327 g/mol. The molecule has 0 amide bonds. The molecule has 0 spiro atoms. The molecule has 0 fully saturated rings. The summed E-state index contributed by atoms with van der Waals surface area (Å²) in [5, 5.41) is 6.63. The molecule has 0 aromatic carbocycles. The lowest BCUT2D eigenvalue weighted by Gasteiger charge is -2.30. The molecule has 5 heteroatoms. The standard InChI is InChI=1S/C12H26N4.HI/c1-10(2)16(11(3)4)9-8-15-12-13-6-5-7-14-12;/h10-11H,5-9H2,1-4H3,(H2,13,14,15);1H. The van der Waals surface area contributed by atoms with Gasteiger partial charge in [0, 0.05) is 38.3 Å². The van der Waals surface area contributed by atoms with Crippen LogP contribution in [0.1, 0.15) is 34.1 Å². The summed E-state index contributed by atoms with van der Waals surface area (Å²) in [4.78, 5) is 6.87. The average molecular weight is 354 g/mol. The molecule has 1 aliphatic heterocycles. The summed E-state index contributed by atoms with van der Waals surface area (Å²) in [5.74, 6) is 0.971. The Bertz CT molecular complexity index is 221. The van der Waals surface area contributed by atoms with Crippen LogP contribution in [0, 0.1) is 0 Å². The van der Waals surface area contributed by atoms with Crippen LogP contribution >= 0.6 is 24.0 Å². The van der Waals surface area contributed by atoms with Crippen LogP contribution in [0.4, 0.5) is 0 Å². The van der Waals surface area contributed by atoms with Crippen LogP contribution in [0.5, 0.6) is 0 Å². The van der Waals surface area contributed by atoms with Gasteiger partial charge in [-0.3, -0.25) is 9.89 Å². The SMILES string of the molecule is CC(C)N(CCNC1=NCCCN1)C(C)C.I. The number of hydrogen-bond donors (Lipinski definition) is 2. The third-order valence-electron chi connectivity index (χ3n) is 2.89. The van der Waals surface area contributed by atoms with Gasteiger partial charge in [0.15, 0.2) is 5.96 Å². The van der Waals surface area contributed by atoms with Crippen LogP contribution in [0.3, 0.4) is 0 Å². The van der Waals surface area contributed by atoms with Crippen molar-refractivity contribution in [1.29, 1.82) is 0 Å². The molecule has 17 heavy (non-hydrogen) atoms. The van der Waals surface area contributed by atoms with Gasteiger partial charge >= 0.3 is 0 Å². The van der Waals surface area contributed by atoms with E-state index in [0.717, 1.165) is 38.6 Å². The van der Waals surface area contributed by atoms with Crippen LogP contribution in [-0.4, -0.2) is 49.1 Å². The first-order valence-electron chi connectivity index (χ1n) is 6.39. The minimum atomic E-state index is 0. The zero-order valence-electron chi connectivity index (χ0n) is 11.5. The smallest absolute Gasteiger partial charge is 0.191 e. The summed E-state index contributed by atoms with van der Waals surface area (Å²) in [7, 11) is 0. The van der Waals surface area contributed by atoms with E-state index >= 15 is 0 Å². The number of halogens is 1. The van der Waals surface area contributed by atoms with E-state index < -0.39 is 0 Å².